The Balaban J connectivity index is 3.24. The van der Waals surface area contributed by atoms with Crippen LogP contribution in [0, 0.1) is 17.3 Å². The van der Waals surface area contributed by atoms with Crippen LogP contribution in [0.4, 0.5) is 17.6 Å². The van der Waals surface area contributed by atoms with Gasteiger partial charge in [-0.15, -0.1) is 13.2 Å². The molecule has 0 N–H and O–H groups in total. The summed E-state index contributed by atoms with van der Waals surface area (Å²) < 4.78 is 52.7. The zero-order valence-corrected chi connectivity index (χ0v) is 9.77. The molecule has 0 saturated heterocycles. The minimum Gasteiger partial charge on any atom is -0.387 e. The van der Waals surface area contributed by atoms with Gasteiger partial charge in [0.25, 0.3) is 0 Å². The fourth-order valence-electron chi connectivity index (χ4n) is 1.14. The van der Waals surface area contributed by atoms with Crippen molar-refractivity contribution in [3.63, 3.8) is 0 Å². The quantitative estimate of drug-likeness (QED) is 0.489. The molecule has 8 heteroatoms. The van der Waals surface area contributed by atoms with E-state index < -0.39 is 18.2 Å². The summed E-state index contributed by atoms with van der Waals surface area (Å²) >= 11 is 2.94. The van der Waals surface area contributed by atoms with Crippen molar-refractivity contribution in [3.8, 4) is 11.9 Å². The molecule has 0 radical (unpaired) electrons. The molecule has 3 nitrogen and oxygen atoms in total. The standard InChI is InChI=1S/C9H5BrF4N2O/c10-4-6-5(1-2-15)3-7(11)16-8(6)17-9(12,13)14/h3H,1,4H2. The summed E-state index contributed by atoms with van der Waals surface area (Å²) in [5.41, 5.74) is 0.112. The van der Waals surface area contributed by atoms with Crippen LogP contribution in [0.5, 0.6) is 5.88 Å². The maximum absolute atomic E-state index is 13.0. The van der Waals surface area contributed by atoms with E-state index >= 15 is 0 Å². The molecular formula is C9H5BrF4N2O. The molecule has 0 saturated carbocycles. The second-order valence-corrected chi connectivity index (χ2v) is 3.46. The summed E-state index contributed by atoms with van der Waals surface area (Å²) in [6, 6.07) is 2.63. The molecule has 0 aliphatic heterocycles. The molecule has 0 fully saturated rings. The number of nitriles is 1. The van der Waals surface area contributed by atoms with Crippen LogP contribution in [-0.2, 0) is 11.8 Å². The third-order valence-electron chi connectivity index (χ3n) is 1.76. The predicted molar refractivity (Wildman–Crippen MR) is 52.8 cm³/mol. The number of pyridine rings is 1. The van der Waals surface area contributed by atoms with Gasteiger partial charge < -0.3 is 4.74 Å². The average Bonchev–Trinajstić information content (AvgIpc) is 2.15. The van der Waals surface area contributed by atoms with E-state index in [2.05, 4.69) is 25.7 Å². The summed E-state index contributed by atoms with van der Waals surface area (Å²) in [5.74, 6) is -2.00. The topological polar surface area (TPSA) is 45.9 Å². The summed E-state index contributed by atoms with van der Waals surface area (Å²) in [4.78, 5) is 3.02. The highest BCUT2D eigenvalue weighted by Crippen LogP contribution is 2.29. The van der Waals surface area contributed by atoms with Gasteiger partial charge in [0.15, 0.2) is 0 Å². The number of hydrogen-bond donors (Lipinski definition) is 0. The Labute approximate surface area is 102 Å². The first-order valence-electron chi connectivity index (χ1n) is 4.24. The third kappa shape index (κ3) is 3.85. The van der Waals surface area contributed by atoms with Crippen molar-refractivity contribution >= 4 is 15.9 Å². The fraction of sp³-hybridized carbons (Fsp3) is 0.333. The van der Waals surface area contributed by atoms with E-state index in [-0.39, 0.29) is 22.9 Å². The molecular weight excluding hydrogens is 308 g/mol. The van der Waals surface area contributed by atoms with Gasteiger partial charge in [0.1, 0.15) is 0 Å². The van der Waals surface area contributed by atoms with E-state index in [0.717, 1.165) is 6.07 Å². The van der Waals surface area contributed by atoms with Gasteiger partial charge in [0.2, 0.25) is 11.8 Å². The summed E-state index contributed by atoms with van der Waals surface area (Å²) in [5, 5.41) is 8.46. The van der Waals surface area contributed by atoms with Crippen LogP contribution in [0.15, 0.2) is 6.07 Å². The largest absolute Gasteiger partial charge is 0.574 e. The molecule has 1 rings (SSSR count). The summed E-state index contributed by atoms with van der Waals surface area (Å²) in [6.07, 6.45) is -5.18. The lowest BCUT2D eigenvalue weighted by atomic mass is 10.1. The maximum atomic E-state index is 13.0. The van der Waals surface area contributed by atoms with Crippen LogP contribution < -0.4 is 4.74 Å². The third-order valence-corrected chi connectivity index (χ3v) is 2.32. The predicted octanol–water partition coefficient (Wildman–Crippen LogP) is 3.08. The number of ether oxygens (including phenoxy) is 1. The molecule has 0 aliphatic rings. The average molecular weight is 313 g/mol. The van der Waals surface area contributed by atoms with Gasteiger partial charge in [0, 0.05) is 10.9 Å². The van der Waals surface area contributed by atoms with Gasteiger partial charge in [0.05, 0.1) is 12.5 Å². The van der Waals surface area contributed by atoms with Crippen molar-refractivity contribution in [2.45, 2.75) is 18.1 Å². The molecule has 17 heavy (non-hydrogen) atoms. The molecule has 92 valence electrons. The second kappa shape index (κ2) is 5.31. The van der Waals surface area contributed by atoms with Gasteiger partial charge >= 0.3 is 6.36 Å². The van der Waals surface area contributed by atoms with E-state index in [1.807, 2.05) is 0 Å². The molecule has 0 aliphatic carbocycles. The van der Waals surface area contributed by atoms with Crippen molar-refractivity contribution in [1.82, 2.24) is 4.98 Å². The van der Waals surface area contributed by atoms with Gasteiger partial charge in [-0.25, -0.2) is 0 Å². The summed E-state index contributed by atoms with van der Waals surface area (Å²) in [7, 11) is 0. The van der Waals surface area contributed by atoms with Crippen LogP contribution in [-0.4, -0.2) is 11.3 Å². The highest BCUT2D eigenvalue weighted by atomic mass is 79.9. The molecule has 0 amide bonds. The first kappa shape index (κ1) is 13.7. The van der Waals surface area contributed by atoms with Crippen LogP contribution in [0.3, 0.4) is 0 Å². The Bertz CT molecular complexity index is 456. The van der Waals surface area contributed by atoms with E-state index in [1.165, 1.54) is 0 Å². The van der Waals surface area contributed by atoms with Crippen molar-refractivity contribution in [1.29, 1.82) is 5.26 Å². The van der Waals surface area contributed by atoms with Crippen molar-refractivity contribution in [3.05, 3.63) is 23.1 Å². The number of rotatable bonds is 3. The molecule has 1 heterocycles. The Kier molecular flexibility index (Phi) is 4.28. The molecule has 0 bridgehead atoms. The van der Waals surface area contributed by atoms with E-state index in [0.29, 0.717) is 0 Å². The van der Waals surface area contributed by atoms with Crippen molar-refractivity contribution in [2.24, 2.45) is 0 Å². The second-order valence-electron chi connectivity index (χ2n) is 2.90. The Morgan fingerprint density at radius 3 is 2.59 bits per heavy atom. The van der Waals surface area contributed by atoms with E-state index in [1.54, 1.807) is 6.07 Å². The number of alkyl halides is 4. The zero-order valence-electron chi connectivity index (χ0n) is 8.18. The van der Waals surface area contributed by atoms with Gasteiger partial charge in [-0.3, -0.25) is 0 Å². The van der Waals surface area contributed by atoms with Crippen molar-refractivity contribution in [2.75, 3.05) is 0 Å². The monoisotopic (exact) mass is 312 g/mol. The molecule has 0 unspecified atom stereocenters. The Hall–Kier alpha value is -1.36. The van der Waals surface area contributed by atoms with Crippen LogP contribution >= 0.6 is 15.9 Å². The summed E-state index contributed by atoms with van der Waals surface area (Å²) in [6.45, 7) is 0. The lowest BCUT2D eigenvalue weighted by molar-refractivity contribution is -0.276. The molecule has 1 aromatic rings. The minimum atomic E-state index is -4.96. The van der Waals surface area contributed by atoms with Gasteiger partial charge in [-0.1, -0.05) is 15.9 Å². The van der Waals surface area contributed by atoms with Gasteiger partial charge in [-0.05, 0) is 11.6 Å². The molecule has 0 spiro atoms. The van der Waals surface area contributed by atoms with Crippen LogP contribution in [0.1, 0.15) is 11.1 Å². The molecule has 1 aromatic heterocycles. The normalized spacial score (nSPS) is 11.1. The minimum absolute atomic E-state index is 0.00488. The number of hydrogen-bond acceptors (Lipinski definition) is 3. The highest BCUT2D eigenvalue weighted by Gasteiger charge is 2.33. The first-order valence-corrected chi connectivity index (χ1v) is 5.36. The Morgan fingerprint density at radius 2 is 2.12 bits per heavy atom. The molecule has 0 atom stereocenters. The van der Waals surface area contributed by atoms with E-state index in [9.17, 15) is 17.6 Å². The fourth-order valence-corrected chi connectivity index (χ4v) is 1.74. The number of nitrogens with zero attached hydrogens (tertiary/aromatic N) is 2. The number of halogens is 5. The van der Waals surface area contributed by atoms with Crippen molar-refractivity contribution < 1.29 is 22.3 Å². The Morgan fingerprint density at radius 1 is 1.47 bits per heavy atom. The smallest absolute Gasteiger partial charge is 0.387 e. The molecule has 0 aromatic carbocycles. The maximum Gasteiger partial charge on any atom is 0.574 e. The number of aromatic nitrogens is 1. The van der Waals surface area contributed by atoms with E-state index in [4.69, 9.17) is 5.26 Å². The highest BCUT2D eigenvalue weighted by molar-refractivity contribution is 9.08. The van der Waals surface area contributed by atoms with Crippen LogP contribution in [0.2, 0.25) is 0 Å². The van der Waals surface area contributed by atoms with Gasteiger partial charge in [-0.2, -0.15) is 14.6 Å². The van der Waals surface area contributed by atoms with Crippen LogP contribution in [0.25, 0.3) is 0 Å². The SMILES string of the molecule is N#CCc1cc(F)nc(OC(F)(F)F)c1CBr. The zero-order chi connectivity index (χ0) is 13.1. The first-order chi connectivity index (χ1) is 7.87. The lowest BCUT2D eigenvalue weighted by Gasteiger charge is -2.13. The lowest BCUT2D eigenvalue weighted by Crippen LogP contribution is -2.19.